The van der Waals surface area contributed by atoms with Crippen molar-refractivity contribution in [2.24, 2.45) is 5.73 Å². The monoisotopic (exact) mass is 514 g/mol. The second-order valence-electron chi connectivity index (χ2n) is 10.2. The summed E-state index contributed by atoms with van der Waals surface area (Å²) >= 11 is 5.90. The molecule has 1 amide bonds. The minimum absolute atomic E-state index is 0.0269. The minimum Gasteiger partial charge on any atom is -0.494 e. The predicted molar refractivity (Wildman–Crippen MR) is 142 cm³/mol. The average Bonchev–Trinajstić information content (AvgIpc) is 3.25. The molecule has 0 aliphatic rings. The molecule has 1 aromatic carbocycles. The highest BCUT2D eigenvalue weighted by molar-refractivity contribution is 6.74. The predicted octanol–water partition coefficient (Wildman–Crippen LogP) is 5.95. The maximum atomic E-state index is 11.4. The summed E-state index contributed by atoms with van der Waals surface area (Å²) in [6.07, 6.45) is 6.68. The largest absolute Gasteiger partial charge is 0.494 e. The molecule has 2 heterocycles. The first-order chi connectivity index (χ1) is 16.4. The molecule has 2 aromatic heterocycles. The molecule has 0 unspecified atom stereocenters. The maximum Gasteiger partial charge on any atom is 0.268 e. The van der Waals surface area contributed by atoms with E-state index in [4.69, 9.17) is 26.5 Å². The van der Waals surface area contributed by atoms with Crippen molar-refractivity contribution >= 4 is 25.8 Å². The summed E-state index contributed by atoms with van der Waals surface area (Å²) in [4.78, 5) is 19.7. The van der Waals surface area contributed by atoms with Crippen molar-refractivity contribution in [2.45, 2.75) is 64.4 Å². The lowest BCUT2D eigenvalue weighted by Gasteiger charge is -2.39. The lowest BCUT2D eigenvalue weighted by atomic mass is 10.1. The van der Waals surface area contributed by atoms with E-state index in [0.717, 1.165) is 29.7 Å². The summed E-state index contributed by atoms with van der Waals surface area (Å²) in [6, 6.07) is 11.7. The van der Waals surface area contributed by atoms with Gasteiger partial charge in [0.2, 0.25) is 0 Å². The fourth-order valence-electron chi connectivity index (χ4n) is 3.42. The number of amides is 1. The van der Waals surface area contributed by atoms with Crippen LogP contribution in [0.5, 0.6) is 5.75 Å². The summed E-state index contributed by atoms with van der Waals surface area (Å²) in [5, 5.41) is 0.559. The summed E-state index contributed by atoms with van der Waals surface area (Å²) < 4.78 is 14.6. The molecule has 1 atom stereocenters. The SMILES string of the molecule is CC(C)(C)[Si](C)(C)O[C@@H](CCCOc1cccc(-c2ccc(Cl)nc2)c1)Cn1cnc(C(N)=O)c1. The number of nitrogens with zero attached hydrogens (tertiary/aromatic N) is 3. The topological polar surface area (TPSA) is 92.3 Å². The van der Waals surface area contributed by atoms with Gasteiger partial charge in [-0.1, -0.05) is 44.5 Å². The molecule has 0 saturated heterocycles. The van der Waals surface area contributed by atoms with E-state index in [1.807, 2.05) is 34.9 Å². The average molecular weight is 515 g/mol. The van der Waals surface area contributed by atoms with Crippen LogP contribution in [0.1, 0.15) is 44.1 Å². The third-order valence-corrected chi connectivity index (χ3v) is 11.2. The van der Waals surface area contributed by atoms with Gasteiger partial charge in [0.1, 0.15) is 16.6 Å². The zero-order chi connectivity index (χ0) is 25.6. The molecule has 3 aromatic rings. The van der Waals surface area contributed by atoms with Gasteiger partial charge in [-0.2, -0.15) is 0 Å². The second-order valence-corrected chi connectivity index (χ2v) is 15.4. The van der Waals surface area contributed by atoms with Crippen molar-refractivity contribution in [3.8, 4) is 16.9 Å². The molecule has 0 saturated carbocycles. The molecule has 2 N–H and O–H groups in total. The molecule has 35 heavy (non-hydrogen) atoms. The van der Waals surface area contributed by atoms with Gasteiger partial charge in [-0.05, 0) is 60.8 Å². The second kappa shape index (κ2) is 11.4. The molecule has 0 spiro atoms. The molecule has 188 valence electrons. The third-order valence-electron chi connectivity index (χ3n) is 6.40. The van der Waals surface area contributed by atoms with Gasteiger partial charge in [0.15, 0.2) is 8.32 Å². The van der Waals surface area contributed by atoms with Crippen LogP contribution in [0.2, 0.25) is 23.3 Å². The lowest BCUT2D eigenvalue weighted by molar-refractivity contribution is 0.0995. The van der Waals surface area contributed by atoms with Crippen LogP contribution in [0.3, 0.4) is 0 Å². The molecular weight excluding hydrogens is 480 g/mol. The van der Waals surface area contributed by atoms with Crippen LogP contribution in [0.15, 0.2) is 55.1 Å². The van der Waals surface area contributed by atoms with Crippen LogP contribution in [0.25, 0.3) is 11.1 Å². The van der Waals surface area contributed by atoms with Gasteiger partial charge in [0, 0.05) is 24.5 Å². The first-order valence-electron chi connectivity index (χ1n) is 11.8. The van der Waals surface area contributed by atoms with Gasteiger partial charge < -0.3 is 19.5 Å². The quantitative estimate of drug-likeness (QED) is 0.194. The van der Waals surface area contributed by atoms with Crippen LogP contribution in [-0.4, -0.2) is 41.5 Å². The van der Waals surface area contributed by atoms with Crippen molar-refractivity contribution < 1.29 is 14.0 Å². The Morgan fingerprint density at radius 3 is 2.57 bits per heavy atom. The summed E-state index contributed by atoms with van der Waals surface area (Å²) in [6.45, 7) is 12.3. The number of carbonyl (C=O) groups is 1. The van der Waals surface area contributed by atoms with Crippen molar-refractivity contribution in [1.29, 1.82) is 0 Å². The van der Waals surface area contributed by atoms with E-state index in [-0.39, 0.29) is 16.8 Å². The van der Waals surface area contributed by atoms with Gasteiger partial charge in [-0.25, -0.2) is 9.97 Å². The van der Waals surface area contributed by atoms with Crippen molar-refractivity contribution in [2.75, 3.05) is 6.61 Å². The van der Waals surface area contributed by atoms with Gasteiger partial charge in [-0.3, -0.25) is 4.79 Å². The van der Waals surface area contributed by atoms with E-state index in [2.05, 4.69) is 43.8 Å². The Bertz CT molecular complexity index is 1130. The van der Waals surface area contributed by atoms with Crippen LogP contribution >= 0.6 is 11.6 Å². The van der Waals surface area contributed by atoms with Crippen LogP contribution < -0.4 is 10.5 Å². The number of nitrogens with two attached hydrogens (primary N) is 1. The number of hydrogen-bond acceptors (Lipinski definition) is 5. The Morgan fingerprint density at radius 2 is 1.94 bits per heavy atom. The van der Waals surface area contributed by atoms with Crippen molar-refractivity contribution in [3.63, 3.8) is 0 Å². The minimum atomic E-state index is -1.99. The number of hydrogen-bond donors (Lipinski definition) is 1. The molecule has 0 radical (unpaired) electrons. The fourth-order valence-corrected chi connectivity index (χ4v) is 4.91. The number of carbonyl (C=O) groups excluding carboxylic acids is 1. The molecule has 7 nitrogen and oxygen atoms in total. The molecule has 0 aliphatic heterocycles. The van der Waals surface area contributed by atoms with Gasteiger partial charge in [-0.15, -0.1) is 0 Å². The van der Waals surface area contributed by atoms with Gasteiger partial charge in [0.05, 0.1) is 19.0 Å². The van der Waals surface area contributed by atoms with E-state index in [1.54, 1.807) is 24.8 Å². The van der Waals surface area contributed by atoms with Crippen molar-refractivity contribution in [3.05, 3.63) is 66.0 Å². The van der Waals surface area contributed by atoms with Crippen LogP contribution in [-0.2, 0) is 11.0 Å². The number of ether oxygens (including phenoxy) is 1. The number of pyridine rings is 1. The Labute approximate surface area is 213 Å². The molecule has 0 fully saturated rings. The molecule has 3 rings (SSSR count). The highest BCUT2D eigenvalue weighted by atomic mass is 35.5. The molecular formula is C26H35ClN4O3Si. The Balaban J connectivity index is 1.62. The van der Waals surface area contributed by atoms with E-state index >= 15 is 0 Å². The third kappa shape index (κ3) is 7.65. The zero-order valence-electron chi connectivity index (χ0n) is 21.1. The maximum absolute atomic E-state index is 11.4. The lowest BCUT2D eigenvalue weighted by Crippen LogP contribution is -2.45. The van der Waals surface area contributed by atoms with E-state index < -0.39 is 14.2 Å². The van der Waals surface area contributed by atoms with Gasteiger partial charge >= 0.3 is 0 Å². The van der Waals surface area contributed by atoms with E-state index in [9.17, 15) is 4.79 Å². The Hall–Kier alpha value is -2.68. The standard InChI is InChI=1S/C26H35ClN4O3Si/c1-26(2,3)35(4,5)34-22(16-31-17-23(25(28)32)30-18-31)10-7-13-33-21-9-6-8-19(14-21)20-11-12-24(27)29-15-20/h6,8-9,11-12,14-15,17-18,22H,7,10,13,16H2,1-5H3,(H2,28,32)/t22-/m0/s1. The Morgan fingerprint density at radius 1 is 1.17 bits per heavy atom. The summed E-state index contributed by atoms with van der Waals surface area (Å²) in [5.41, 5.74) is 7.63. The zero-order valence-corrected chi connectivity index (χ0v) is 22.9. The summed E-state index contributed by atoms with van der Waals surface area (Å²) in [5.74, 6) is 0.274. The number of aromatic nitrogens is 3. The number of rotatable bonds is 11. The highest BCUT2D eigenvalue weighted by Gasteiger charge is 2.39. The first-order valence-corrected chi connectivity index (χ1v) is 15.1. The molecule has 0 aliphatic carbocycles. The molecule has 9 heteroatoms. The Kier molecular flexibility index (Phi) is 8.74. The van der Waals surface area contributed by atoms with E-state index in [1.165, 1.54) is 0 Å². The number of primary amides is 1. The molecule has 0 bridgehead atoms. The smallest absolute Gasteiger partial charge is 0.268 e. The van der Waals surface area contributed by atoms with Crippen LogP contribution in [0.4, 0.5) is 0 Å². The number of benzene rings is 1. The number of halogens is 1. The van der Waals surface area contributed by atoms with E-state index in [0.29, 0.717) is 18.3 Å². The number of imidazole rings is 1. The van der Waals surface area contributed by atoms with Crippen LogP contribution in [0, 0.1) is 0 Å². The first kappa shape index (κ1) is 26.9. The normalized spacial score (nSPS) is 13.0. The van der Waals surface area contributed by atoms with Crippen molar-refractivity contribution in [1.82, 2.24) is 14.5 Å². The van der Waals surface area contributed by atoms with Gasteiger partial charge in [0.25, 0.3) is 5.91 Å². The fraction of sp³-hybridized carbons (Fsp3) is 0.423. The summed E-state index contributed by atoms with van der Waals surface area (Å²) in [7, 11) is -1.99. The highest BCUT2D eigenvalue weighted by Crippen LogP contribution is 2.38.